The minimum atomic E-state index is -1.55. The monoisotopic (exact) mass is 399 g/mol. The number of aliphatic carboxylic acids is 1. The van der Waals surface area contributed by atoms with Gasteiger partial charge in [-0.1, -0.05) is 37.3 Å². The SMILES string of the molecule is CCC(NC(=O)CCNC(=O)c1ccc([N+](=O)[O-])cc1)(C(=O)O)c1ccccc1. The summed E-state index contributed by atoms with van der Waals surface area (Å²) in [5.41, 5.74) is -1.01. The fourth-order valence-corrected chi connectivity index (χ4v) is 2.84. The highest BCUT2D eigenvalue weighted by molar-refractivity contribution is 5.94. The van der Waals surface area contributed by atoms with E-state index in [0.29, 0.717) is 5.56 Å². The largest absolute Gasteiger partial charge is 0.479 e. The molecule has 0 saturated heterocycles. The molecule has 9 nitrogen and oxygen atoms in total. The van der Waals surface area contributed by atoms with Crippen molar-refractivity contribution in [2.75, 3.05) is 6.54 Å². The van der Waals surface area contributed by atoms with Crippen LogP contribution in [0.15, 0.2) is 54.6 Å². The van der Waals surface area contributed by atoms with Crippen LogP contribution in [-0.4, -0.2) is 34.4 Å². The molecule has 9 heteroatoms. The second kappa shape index (κ2) is 9.45. The zero-order chi connectivity index (χ0) is 21.4. The zero-order valence-corrected chi connectivity index (χ0v) is 15.8. The van der Waals surface area contributed by atoms with E-state index in [4.69, 9.17) is 0 Å². The summed E-state index contributed by atoms with van der Waals surface area (Å²) in [5, 5.41) is 25.5. The Kier molecular flexibility index (Phi) is 7.02. The molecule has 0 bridgehead atoms. The zero-order valence-electron chi connectivity index (χ0n) is 15.8. The smallest absolute Gasteiger partial charge is 0.334 e. The molecule has 0 radical (unpaired) electrons. The molecule has 0 aliphatic carbocycles. The lowest BCUT2D eigenvalue weighted by atomic mass is 9.87. The van der Waals surface area contributed by atoms with Gasteiger partial charge in [-0.25, -0.2) is 4.79 Å². The Morgan fingerprint density at radius 1 is 1.07 bits per heavy atom. The molecule has 1 atom stereocenters. The van der Waals surface area contributed by atoms with Crippen LogP contribution in [0.1, 0.15) is 35.7 Å². The second-order valence-corrected chi connectivity index (χ2v) is 6.29. The number of non-ortho nitro benzene ring substituents is 1. The Morgan fingerprint density at radius 2 is 1.69 bits per heavy atom. The average molecular weight is 399 g/mol. The topological polar surface area (TPSA) is 139 Å². The summed E-state index contributed by atoms with van der Waals surface area (Å²) in [5.74, 6) is -2.19. The summed E-state index contributed by atoms with van der Waals surface area (Å²) in [4.78, 5) is 46.4. The normalized spacial score (nSPS) is 12.4. The number of nitrogens with zero attached hydrogens (tertiary/aromatic N) is 1. The van der Waals surface area contributed by atoms with Crippen LogP contribution >= 0.6 is 0 Å². The van der Waals surface area contributed by atoms with Crippen LogP contribution in [0.5, 0.6) is 0 Å². The van der Waals surface area contributed by atoms with Gasteiger partial charge in [0.1, 0.15) is 0 Å². The van der Waals surface area contributed by atoms with E-state index in [9.17, 15) is 29.6 Å². The van der Waals surface area contributed by atoms with Crippen LogP contribution in [0, 0.1) is 10.1 Å². The molecule has 0 fully saturated rings. The molecule has 2 aromatic carbocycles. The summed E-state index contributed by atoms with van der Waals surface area (Å²) in [6.07, 6.45) is 0.0217. The number of carboxylic acid groups (broad SMARTS) is 1. The fourth-order valence-electron chi connectivity index (χ4n) is 2.84. The quantitative estimate of drug-likeness (QED) is 0.436. The molecule has 0 aliphatic rings. The van der Waals surface area contributed by atoms with Crippen molar-refractivity contribution < 1.29 is 24.4 Å². The first-order valence-electron chi connectivity index (χ1n) is 8.92. The van der Waals surface area contributed by atoms with Crippen molar-refractivity contribution in [2.45, 2.75) is 25.3 Å². The number of carbonyl (C=O) groups is 3. The molecular formula is C20H21N3O6. The van der Waals surface area contributed by atoms with Gasteiger partial charge in [-0.05, 0) is 24.1 Å². The number of hydrogen-bond acceptors (Lipinski definition) is 5. The third-order valence-electron chi connectivity index (χ3n) is 4.49. The highest BCUT2D eigenvalue weighted by Gasteiger charge is 2.39. The lowest BCUT2D eigenvalue weighted by Crippen LogP contribution is -2.52. The summed E-state index contributed by atoms with van der Waals surface area (Å²) in [7, 11) is 0. The van der Waals surface area contributed by atoms with E-state index in [1.807, 2.05) is 0 Å². The number of rotatable bonds is 9. The predicted molar refractivity (Wildman–Crippen MR) is 104 cm³/mol. The van der Waals surface area contributed by atoms with Crippen LogP contribution in [0.25, 0.3) is 0 Å². The van der Waals surface area contributed by atoms with Crippen LogP contribution in [-0.2, 0) is 15.1 Å². The van der Waals surface area contributed by atoms with Crippen LogP contribution in [0.3, 0.4) is 0 Å². The number of carbonyl (C=O) groups excluding carboxylic acids is 2. The van der Waals surface area contributed by atoms with Crippen molar-refractivity contribution in [3.8, 4) is 0 Å². The summed E-state index contributed by atoms with van der Waals surface area (Å²) >= 11 is 0. The number of nitro groups is 1. The molecule has 0 spiro atoms. The maximum absolute atomic E-state index is 12.3. The van der Waals surface area contributed by atoms with Crippen molar-refractivity contribution in [3.63, 3.8) is 0 Å². The predicted octanol–water partition coefficient (Wildman–Crippen LogP) is 2.22. The molecule has 2 amide bonds. The Labute approximate surface area is 166 Å². The van der Waals surface area contributed by atoms with Crippen molar-refractivity contribution in [2.24, 2.45) is 0 Å². The second-order valence-electron chi connectivity index (χ2n) is 6.29. The van der Waals surface area contributed by atoms with Gasteiger partial charge in [-0.2, -0.15) is 0 Å². The molecule has 0 heterocycles. The third kappa shape index (κ3) is 5.16. The molecule has 2 aromatic rings. The molecule has 3 N–H and O–H groups in total. The van der Waals surface area contributed by atoms with E-state index in [0.717, 1.165) is 0 Å². The van der Waals surface area contributed by atoms with Gasteiger partial charge >= 0.3 is 5.97 Å². The molecule has 152 valence electrons. The van der Waals surface area contributed by atoms with Gasteiger partial charge in [0.15, 0.2) is 5.54 Å². The van der Waals surface area contributed by atoms with Gasteiger partial charge in [-0.15, -0.1) is 0 Å². The van der Waals surface area contributed by atoms with Gasteiger partial charge in [0.05, 0.1) is 4.92 Å². The minimum Gasteiger partial charge on any atom is -0.479 e. The van der Waals surface area contributed by atoms with Gasteiger partial charge in [0.25, 0.3) is 11.6 Å². The number of nitrogens with one attached hydrogen (secondary N) is 2. The molecule has 0 aliphatic heterocycles. The third-order valence-corrected chi connectivity index (χ3v) is 4.49. The molecule has 2 rings (SSSR count). The summed E-state index contributed by atoms with van der Waals surface area (Å²) in [6.45, 7) is 1.65. The lowest BCUT2D eigenvalue weighted by Gasteiger charge is -2.30. The number of nitro benzene ring substituents is 1. The highest BCUT2D eigenvalue weighted by atomic mass is 16.6. The Hall–Kier alpha value is -3.75. The molecule has 29 heavy (non-hydrogen) atoms. The number of hydrogen-bond donors (Lipinski definition) is 3. The van der Waals surface area contributed by atoms with Gasteiger partial charge in [0.2, 0.25) is 5.91 Å². The molecular weight excluding hydrogens is 378 g/mol. The van der Waals surface area contributed by atoms with Crippen molar-refractivity contribution in [1.82, 2.24) is 10.6 Å². The van der Waals surface area contributed by atoms with Gasteiger partial charge in [-0.3, -0.25) is 19.7 Å². The first-order valence-corrected chi connectivity index (χ1v) is 8.92. The highest BCUT2D eigenvalue weighted by Crippen LogP contribution is 2.25. The Morgan fingerprint density at radius 3 is 2.21 bits per heavy atom. The summed E-state index contributed by atoms with van der Waals surface area (Å²) < 4.78 is 0. The van der Waals surface area contributed by atoms with Crippen LogP contribution in [0.2, 0.25) is 0 Å². The van der Waals surface area contributed by atoms with E-state index in [1.54, 1.807) is 37.3 Å². The average Bonchev–Trinajstić information content (AvgIpc) is 2.72. The van der Waals surface area contributed by atoms with E-state index in [-0.39, 0.29) is 30.6 Å². The van der Waals surface area contributed by atoms with Gasteiger partial charge < -0.3 is 15.7 Å². The standard InChI is InChI=1S/C20H21N3O6/c1-2-20(19(26)27,15-6-4-3-5-7-15)22-17(24)12-13-21-18(25)14-8-10-16(11-9-14)23(28)29/h3-11H,2,12-13H2,1H3,(H,21,25)(H,22,24)(H,26,27). The van der Waals surface area contributed by atoms with E-state index in [1.165, 1.54) is 24.3 Å². The lowest BCUT2D eigenvalue weighted by molar-refractivity contribution is -0.384. The van der Waals surface area contributed by atoms with Crippen molar-refractivity contribution in [1.29, 1.82) is 0 Å². The van der Waals surface area contributed by atoms with Crippen LogP contribution in [0.4, 0.5) is 5.69 Å². The molecule has 0 aromatic heterocycles. The minimum absolute atomic E-state index is 0.0180. The Bertz CT molecular complexity index is 898. The summed E-state index contributed by atoms with van der Waals surface area (Å²) in [6, 6.07) is 13.5. The maximum Gasteiger partial charge on any atom is 0.334 e. The number of amides is 2. The molecule has 0 saturated carbocycles. The van der Waals surface area contributed by atoms with Crippen molar-refractivity contribution in [3.05, 3.63) is 75.8 Å². The first kappa shape index (κ1) is 21.5. The van der Waals surface area contributed by atoms with Gasteiger partial charge in [0, 0.05) is 30.7 Å². The Balaban J connectivity index is 1.96. The van der Waals surface area contributed by atoms with E-state index < -0.39 is 28.2 Å². The first-order chi connectivity index (χ1) is 13.8. The molecule has 1 unspecified atom stereocenters. The number of carboxylic acids is 1. The fraction of sp³-hybridized carbons (Fsp3) is 0.250. The van der Waals surface area contributed by atoms with Crippen molar-refractivity contribution >= 4 is 23.5 Å². The van der Waals surface area contributed by atoms with E-state index in [2.05, 4.69) is 10.6 Å². The van der Waals surface area contributed by atoms with E-state index >= 15 is 0 Å². The maximum atomic E-state index is 12.3. The van der Waals surface area contributed by atoms with Crippen LogP contribution < -0.4 is 10.6 Å². The number of benzene rings is 2.